The smallest absolute Gasteiger partial charge is 0.227 e. The maximum atomic E-state index is 12.6. The van der Waals surface area contributed by atoms with Gasteiger partial charge >= 0.3 is 0 Å². The Balaban J connectivity index is 2.05. The molecule has 0 bridgehead atoms. The Morgan fingerprint density at radius 2 is 2.25 bits per heavy atom. The van der Waals surface area contributed by atoms with Gasteiger partial charge < -0.3 is 24.8 Å². The number of carbonyl (C=O) groups is 2. The highest BCUT2D eigenvalue weighted by atomic mass is 16.5. The second-order valence-corrected chi connectivity index (χ2v) is 5.97. The molecule has 2 N–H and O–H groups in total. The minimum absolute atomic E-state index is 0.0311. The molecule has 0 aliphatic carbocycles. The van der Waals surface area contributed by atoms with E-state index in [1.165, 1.54) is 7.05 Å². The van der Waals surface area contributed by atoms with Gasteiger partial charge in [-0.25, -0.2) is 0 Å². The van der Waals surface area contributed by atoms with Crippen LogP contribution < -0.4 is 10.1 Å². The Kier molecular flexibility index (Phi) is 6.16. The topological polar surface area (TPSA) is 88.1 Å². The Labute approximate surface area is 141 Å². The van der Waals surface area contributed by atoms with Gasteiger partial charge in [0.1, 0.15) is 11.4 Å². The summed E-state index contributed by atoms with van der Waals surface area (Å²) in [6.07, 6.45) is 0.0969. The number of nitrogens with one attached hydrogen (secondary N) is 1. The first-order chi connectivity index (χ1) is 11.5. The van der Waals surface area contributed by atoms with Gasteiger partial charge in [0.2, 0.25) is 11.8 Å². The molecule has 1 aliphatic rings. The van der Waals surface area contributed by atoms with Crippen molar-refractivity contribution in [3.63, 3.8) is 0 Å². The molecule has 1 aromatic carbocycles. The van der Waals surface area contributed by atoms with E-state index in [-0.39, 0.29) is 37.8 Å². The first kappa shape index (κ1) is 18.2. The molecule has 1 heterocycles. The number of nitrogens with zero attached hydrogens (tertiary/aromatic N) is 1. The van der Waals surface area contributed by atoms with Crippen LogP contribution in [-0.4, -0.2) is 67.9 Å². The predicted octanol–water partition coefficient (Wildman–Crippen LogP) is -0.0363. The van der Waals surface area contributed by atoms with E-state index >= 15 is 0 Å². The summed E-state index contributed by atoms with van der Waals surface area (Å²) in [7, 11) is 3.08. The standard InChI is InChI=1S/C17H24N2O5/c1-18-15(20)10-17(22)11-19(6-7-24-12-17)16(21)9-13-4-3-5-14(8-13)23-2/h3-5,8,22H,6-7,9-12H2,1-2H3,(H,18,20). The normalized spacial score (nSPS) is 21.0. The third-order valence-corrected chi connectivity index (χ3v) is 3.97. The van der Waals surface area contributed by atoms with Crippen LogP contribution in [0.4, 0.5) is 0 Å². The maximum Gasteiger partial charge on any atom is 0.227 e. The monoisotopic (exact) mass is 336 g/mol. The van der Waals surface area contributed by atoms with Crippen LogP contribution in [0.3, 0.4) is 0 Å². The molecule has 24 heavy (non-hydrogen) atoms. The van der Waals surface area contributed by atoms with E-state index in [1.807, 2.05) is 24.3 Å². The van der Waals surface area contributed by atoms with Crippen molar-refractivity contribution in [3.05, 3.63) is 29.8 Å². The molecule has 0 saturated carbocycles. The van der Waals surface area contributed by atoms with E-state index < -0.39 is 5.60 Å². The second kappa shape index (κ2) is 8.12. The number of hydrogen-bond acceptors (Lipinski definition) is 5. The zero-order chi connectivity index (χ0) is 17.6. The average molecular weight is 336 g/mol. The van der Waals surface area contributed by atoms with Crippen LogP contribution in [-0.2, 0) is 20.7 Å². The molecule has 1 saturated heterocycles. The Morgan fingerprint density at radius 3 is 2.96 bits per heavy atom. The summed E-state index contributed by atoms with van der Waals surface area (Å²) in [5.74, 6) is 0.280. The molecule has 0 radical (unpaired) electrons. The number of aliphatic hydroxyl groups is 1. The highest BCUT2D eigenvalue weighted by Gasteiger charge is 2.36. The van der Waals surface area contributed by atoms with Gasteiger partial charge in [-0.1, -0.05) is 12.1 Å². The Hall–Kier alpha value is -2.12. The van der Waals surface area contributed by atoms with Crippen molar-refractivity contribution < 1.29 is 24.2 Å². The molecule has 1 fully saturated rings. The fourth-order valence-electron chi connectivity index (χ4n) is 2.69. The first-order valence-electron chi connectivity index (χ1n) is 7.87. The largest absolute Gasteiger partial charge is 0.497 e. The molecule has 0 aromatic heterocycles. The lowest BCUT2D eigenvalue weighted by Crippen LogP contribution is -2.49. The van der Waals surface area contributed by atoms with E-state index in [0.717, 1.165) is 5.56 Å². The zero-order valence-electron chi connectivity index (χ0n) is 14.1. The fourth-order valence-corrected chi connectivity index (χ4v) is 2.69. The SMILES string of the molecule is CNC(=O)CC1(O)COCCN(C(=O)Cc2cccc(OC)c2)C1. The van der Waals surface area contributed by atoms with Crippen molar-refractivity contribution in [2.45, 2.75) is 18.4 Å². The van der Waals surface area contributed by atoms with Crippen LogP contribution in [0.1, 0.15) is 12.0 Å². The molecule has 132 valence electrons. The second-order valence-electron chi connectivity index (χ2n) is 5.97. The van der Waals surface area contributed by atoms with Gasteiger partial charge in [-0.15, -0.1) is 0 Å². The van der Waals surface area contributed by atoms with E-state index in [4.69, 9.17) is 9.47 Å². The zero-order valence-corrected chi connectivity index (χ0v) is 14.1. The summed E-state index contributed by atoms with van der Waals surface area (Å²) in [4.78, 5) is 25.7. The quantitative estimate of drug-likeness (QED) is 0.788. The minimum atomic E-state index is -1.37. The summed E-state index contributed by atoms with van der Waals surface area (Å²) in [5, 5.41) is 13.1. The molecule has 0 spiro atoms. The van der Waals surface area contributed by atoms with Crippen molar-refractivity contribution in [2.75, 3.05) is 40.5 Å². The fraction of sp³-hybridized carbons (Fsp3) is 0.529. The number of β-amino-alcohol motifs (C(OH)–C–C–N with tert-alkyl or cyclic N) is 1. The summed E-state index contributed by atoms with van der Waals surface area (Å²) in [5.41, 5.74) is -0.542. The Morgan fingerprint density at radius 1 is 1.46 bits per heavy atom. The number of methoxy groups -OCH3 is 1. The van der Waals surface area contributed by atoms with Crippen LogP contribution in [0.5, 0.6) is 5.75 Å². The predicted molar refractivity (Wildman–Crippen MR) is 87.7 cm³/mol. The van der Waals surface area contributed by atoms with Gasteiger partial charge in [-0.3, -0.25) is 9.59 Å². The van der Waals surface area contributed by atoms with Crippen LogP contribution >= 0.6 is 0 Å². The average Bonchev–Trinajstić information content (AvgIpc) is 2.76. The van der Waals surface area contributed by atoms with Gasteiger partial charge in [0.15, 0.2) is 0 Å². The molecule has 7 nitrogen and oxygen atoms in total. The van der Waals surface area contributed by atoms with Crippen molar-refractivity contribution >= 4 is 11.8 Å². The molecule has 1 atom stereocenters. The molecule has 1 aromatic rings. The van der Waals surface area contributed by atoms with E-state index in [9.17, 15) is 14.7 Å². The van der Waals surface area contributed by atoms with Gasteiger partial charge in [0, 0.05) is 13.6 Å². The van der Waals surface area contributed by atoms with Gasteiger partial charge in [-0.05, 0) is 17.7 Å². The maximum absolute atomic E-state index is 12.6. The third kappa shape index (κ3) is 4.94. The van der Waals surface area contributed by atoms with Gasteiger partial charge in [-0.2, -0.15) is 0 Å². The van der Waals surface area contributed by atoms with Crippen LogP contribution in [0.2, 0.25) is 0 Å². The number of rotatable bonds is 5. The van der Waals surface area contributed by atoms with Crippen LogP contribution in [0.15, 0.2) is 24.3 Å². The number of benzene rings is 1. The number of carbonyl (C=O) groups excluding carboxylic acids is 2. The molecular weight excluding hydrogens is 312 g/mol. The summed E-state index contributed by atoms with van der Waals surface area (Å²) in [6.45, 7) is 0.825. The van der Waals surface area contributed by atoms with Crippen molar-refractivity contribution in [3.8, 4) is 5.75 Å². The summed E-state index contributed by atoms with van der Waals surface area (Å²) < 4.78 is 10.5. The number of amides is 2. The summed E-state index contributed by atoms with van der Waals surface area (Å²) >= 11 is 0. The lowest BCUT2D eigenvalue weighted by molar-refractivity contribution is -0.137. The molecule has 7 heteroatoms. The molecule has 1 unspecified atom stereocenters. The van der Waals surface area contributed by atoms with Gasteiger partial charge in [0.25, 0.3) is 0 Å². The molecular formula is C17H24N2O5. The Bertz CT molecular complexity index is 592. The lowest BCUT2D eigenvalue weighted by Gasteiger charge is -2.30. The van der Waals surface area contributed by atoms with Gasteiger partial charge in [0.05, 0.1) is 39.7 Å². The minimum Gasteiger partial charge on any atom is -0.497 e. The van der Waals surface area contributed by atoms with Crippen molar-refractivity contribution in [1.29, 1.82) is 0 Å². The number of ether oxygens (including phenoxy) is 2. The molecule has 2 rings (SSSR count). The highest BCUT2D eigenvalue weighted by Crippen LogP contribution is 2.19. The third-order valence-electron chi connectivity index (χ3n) is 3.97. The van der Waals surface area contributed by atoms with Crippen LogP contribution in [0.25, 0.3) is 0 Å². The highest BCUT2D eigenvalue weighted by molar-refractivity contribution is 5.80. The van der Waals surface area contributed by atoms with Crippen molar-refractivity contribution in [2.24, 2.45) is 0 Å². The molecule has 2 amide bonds. The summed E-state index contributed by atoms with van der Waals surface area (Å²) in [6, 6.07) is 7.30. The lowest BCUT2D eigenvalue weighted by atomic mass is 9.99. The van der Waals surface area contributed by atoms with E-state index in [1.54, 1.807) is 12.0 Å². The number of hydrogen-bond donors (Lipinski definition) is 2. The van der Waals surface area contributed by atoms with Crippen molar-refractivity contribution in [1.82, 2.24) is 10.2 Å². The first-order valence-corrected chi connectivity index (χ1v) is 7.87. The van der Waals surface area contributed by atoms with Crippen LogP contribution in [0, 0.1) is 0 Å². The van der Waals surface area contributed by atoms with E-state index in [0.29, 0.717) is 18.9 Å². The van der Waals surface area contributed by atoms with E-state index in [2.05, 4.69) is 5.32 Å². The molecule has 1 aliphatic heterocycles.